The summed E-state index contributed by atoms with van der Waals surface area (Å²) in [6.45, 7) is 13.6. The third-order valence-electron chi connectivity index (χ3n) is 8.02. The Labute approximate surface area is 172 Å². The predicted octanol–water partition coefficient (Wildman–Crippen LogP) is 1.52. The molecule has 1 saturated heterocycles. The fourth-order valence-electron chi connectivity index (χ4n) is 6.66. The standard InChI is InChI=1S/C22H34O7/c1-8-19(5)11-14(25)22(27)20(6)13(24)9-10-18(3,4)16(20)15(26)17(28-12(2)23)21(22,7)29-19/h8,13,15-17,24,26-27H,1,9-11H2,2-7H3/t13-,15-,16-,17-,19-,20+,21-,22-/m1/s1. The summed E-state index contributed by atoms with van der Waals surface area (Å²) < 4.78 is 11.8. The first-order valence-corrected chi connectivity index (χ1v) is 10.2. The minimum Gasteiger partial charge on any atom is -0.457 e. The van der Waals surface area contributed by atoms with E-state index in [2.05, 4.69) is 6.58 Å². The smallest absolute Gasteiger partial charge is 0.303 e. The molecule has 164 valence electrons. The lowest BCUT2D eigenvalue weighted by atomic mass is 9.40. The lowest BCUT2D eigenvalue weighted by Crippen LogP contribution is -2.86. The van der Waals surface area contributed by atoms with Gasteiger partial charge in [0, 0.05) is 24.7 Å². The van der Waals surface area contributed by atoms with Crippen LogP contribution in [0.2, 0.25) is 0 Å². The second-order valence-electron chi connectivity index (χ2n) is 10.4. The van der Waals surface area contributed by atoms with Crippen LogP contribution in [0.15, 0.2) is 12.7 Å². The third-order valence-corrected chi connectivity index (χ3v) is 8.02. The number of hydrogen-bond acceptors (Lipinski definition) is 7. The molecule has 0 unspecified atom stereocenters. The molecule has 0 spiro atoms. The van der Waals surface area contributed by atoms with Gasteiger partial charge < -0.3 is 24.8 Å². The van der Waals surface area contributed by atoms with Crippen molar-refractivity contribution in [2.45, 2.75) is 95.9 Å². The van der Waals surface area contributed by atoms with Crippen molar-refractivity contribution in [2.24, 2.45) is 16.7 Å². The summed E-state index contributed by atoms with van der Waals surface area (Å²) in [4.78, 5) is 25.5. The van der Waals surface area contributed by atoms with Crippen LogP contribution in [-0.4, -0.2) is 62.2 Å². The van der Waals surface area contributed by atoms with Gasteiger partial charge in [-0.3, -0.25) is 9.59 Å². The van der Waals surface area contributed by atoms with Crippen molar-refractivity contribution in [1.82, 2.24) is 0 Å². The van der Waals surface area contributed by atoms with Crippen molar-refractivity contribution < 1.29 is 34.4 Å². The molecule has 2 saturated carbocycles. The fourth-order valence-corrected chi connectivity index (χ4v) is 6.66. The largest absolute Gasteiger partial charge is 0.457 e. The van der Waals surface area contributed by atoms with Crippen LogP contribution in [0.25, 0.3) is 0 Å². The Bertz CT molecular complexity index is 747. The van der Waals surface area contributed by atoms with E-state index < -0.39 is 63.6 Å². The Morgan fingerprint density at radius 3 is 2.34 bits per heavy atom. The van der Waals surface area contributed by atoms with Crippen LogP contribution in [0.5, 0.6) is 0 Å². The van der Waals surface area contributed by atoms with Crippen LogP contribution in [0.4, 0.5) is 0 Å². The Hall–Kier alpha value is -1.28. The second-order valence-corrected chi connectivity index (χ2v) is 10.4. The van der Waals surface area contributed by atoms with Gasteiger partial charge in [-0.15, -0.1) is 6.58 Å². The average molecular weight is 411 g/mol. The molecule has 0 radical (unpaired) electrons. The number of hydrogen-bond donors (Lipinski definition) is 3. The van der Waals surface area contributed by atoms with Gasteiger partial charge in [0.2, 0.25) is 0 Å². The minimum atomic E-state index is -2.18. The van der Waals surface area contributed by atoms with Gasteiger partial charge >= 0.3 is 5.97 Å². The number of carbonyl (C=O) groups is 2. The quantitative estimate of drug-likeness (QED) is 0.467. The van der Waals surface area contributed by atoms with Crippen molar-refractivity contribution in [1.29, 1.82) is 0 Å². The van der Waals surface area contributed by atoms with Crippen molar-refractivity contribution in [3.63, 3.8) is 0 Å². The molecule has 0 aromatic heterocycles. The second kappa shape index (κ2) is 6.36. The fraction of sp³-hybridized carbons (Fsp3) is 0.818. The first kappa shape index (κ1) is 22.4. The highest BCUT2D eigenvalue weighted by atomic mass is 16.6. The maximum atomic E-state index is 13.6. The zero-order chi connectivity index (χ0) is 22.2. The van der Waals surface area contributed by atoms with E-state index in [1.807, 2.05) is 13.8 Å². The topological polar surface area (TPSA) is 113 Å². The summed E-state index contributed by atoms with van der Waals surface area (Å²) >= 11 is 0. The number of aliphatic hydroxyl groups is 3. The zero-order valence-electron chi connectivity index (χ0n) is 18.2. The van der Waals surface area contributed by atoms with Crippen molar-refractivity contribution in [3.05, 3.63) is 12.7 Å². The minimum absolute atomic E-state index is 0.138. The maximum absolute atomic E-state index is 13.6. The molecule has 8 atom stereocenters. The van der Waals surface area contributed by atoms with Gasteiger partial charge in [0.05, 0.1) is 17.8 Å². The molecule has 0 aromatic rings. The van der Waals surface area contributed by atoms with E-state index in [9.17, 15) is 24.9 Å². The number of ketones is 1. The van der Waals surface area contributed by atoms with Gasteiger partial charge in [-0.2, -0.15) is 0 Å². The van der Waals surface area contributed by atoms with E-state index in [1.165, 1.54) is 19.9 Å². The van der Waals surface area contributed by atoms with E-state index in [0.717, 1.165) is 0 Å². The van der Waals surface area contributed by atoms with Crippen LogP contribution >= 0.6 is 0 Å². The summed E-state index contributed by atoms with van der Waals surface area (Å²) in [6, 6.07) is 0. The van der Waals surface area contributed by atoms with Gasteiger partial charge in [-0.25, -0.2) is 0 Å². The lowest BCUT2D eigenvalue weighted by molar-refractivity contribution is -0.370. The van der Waals surface area contributed by atoms with Gasteiger partial charge in [0.25, 0.3) is 0 Å². The molecule has 3 N–H and O–H groups in total. The molecule has 29 heavy (non-hydrogen) atoms. The van der Waals surface area contributed by atoms with Crippen molar-refractivity contribution >= 4 is 11.8 Å². The molecule has 1 heterocycles. The zero-order valence-corrected chi connectivity index (χ0v) is 18.2. The molecule has 7 heteroatoms. The highest BCUT2D eigenvalue weighted by molar-refractivity contribution is 5.92. The normalized spacial score (nSPS) is 51.6. The number of carbonyl (C=O) groups excluding carboxylic acids is 2. The predicted molar refractivity (Wildman–Crippen MR) is 105 cm³/mol. The highest BCUT2D eigenvalue weighted by Gasteiger charge is 2.81. The number of Topliss-reactive ketones (excluding diaryl/α,β-unsaturated/α-hetero) is 1. The Morgan fingerprint density at radius 1 is 1.24 bits per heavy atom. The SMILES string of the molecule is C=C[C@]1(C)CC(=O)[C@@]2(O)[C@@]3(C)[C@H](O)CCC(C)(C)[C@H]3[C@@H](O)[C@@H](OC(C)=O)[C@@]2(C)O1. The van der Waals surface area contributed by atoms with Crippen LogP contribution in [-0.2, 0) is 19.1 Å². The van der Waals surface area contributed by atoms with E-state index in [4.69, 9.17) is 9.47 Å². The molecule has 1 aliphatic heterocycles. The van der Waals surface area contributed by atoms with Gasteiger partial charge in [0.1, 0.15) is 5.60 Å². The van der Waals surface area contributed by atoms with E-state index in [0.29, 0.717) is 12.8 Å². The molecule has 7 nitrogen and oxygen atoms in total. The molecule has 0 aromatic carbocycles. The summed E-state index contributed by atoms with van der Waals surface area (Å²) in [5.41, 5.74) is -7.00. The van der Waals surface area contributed by atoms with E-state index in [-0.39, 0.29) is 6.42 Å². The molecular weight excluding hydrogens is 376 g/mol. The molecule has 3 fully saturated rings. The Kier molecular flexibility index (Phi) is 4.91. The van der Waals surface area contributed by atoms with Crippen LogP contribution in [0, 0.1) is 16.7 Å². The lowest BCUT2D eigenvalue weighted by Gasteiger charge is -2.71. The monoisotopic (exact) mass is 410 g/mol. The van der Waals surface area contributed by atoms with Gasteiger partial charge in [-0.05, 0) is 32.1 Å². The number of fused-ring (bicyclic) bond motifs is 3. The maximum Gasteiger partial charge on any atom is 0.303 e. The number of esters is 1. The molecule has 3 rings (SSSR count). The summed E-state index contributed by atoms with van der Waals surface area (Å²) in [5.74, 6) is -1.87. The number of aliphatic hydroxyl groups excluding tert-OH is 2. The van der Waals surface area contributed by atoms with E-state index >= 15 is 0 Å². The summed E-state index contributed by atoms with van der Waals surface area (Å²) in [7, 11) is 0. The van der Waals surface area contributed by atoms with Crippen LogP contribution in [0.3, 0.4) is 0 Å². The molecule has 3 aliphatic rings. The van der Waals surface area contributed by atoms with Crippen LogP contribution in [0.1, 0.15) is 60.8 Å². The highest BCUT2D eigenvalue weighted by Crippen LogP contribution is 2.66. The molecule has 2 aliphatic carbocycles. The first-order chi connectivity index (χ1) is 13.1. The average Bonchev–Trinajstić information content (AvgIpc) is 2.59. The van der Waals surface area contributed by atoms with Gasteiger partial charge in [-0.1, -0.05) is 26.8 Å². The van der Waals surface area contributed by atoms with Gasteiger partial charge in [0.15, 0.2) is 17.5 Å². The number of ether oxygens (including phenoxy) is 2. The Balaban J connectivity index is 2.33. The first-order valence-electron chi connectivity index (χ1n) is 10.2. The molecular formula is C22H34O7. The Morgan fingerprint density at radius 2 is 1.83 bits per heavy atom. The summed E-state index contributed by atoms with van der Waals surface area (Å²) in [6.07, 6.45) is -1.29. The van der Waals surface area contributed by atoms with Crippen LogP contribution < -0.4 is 0 Å². The van der Waals surface area contributed by atoms with Crippen molar-refractivity contribution in [2.75, 3.05) is 0 Å². The summed E-state index contributed by atoms with van der Waals surface area (Å²) in [5, 5.41) is 34.7. The molecule has 0 bridgehead atoms. The van der Waals surface area contributed by atoms with E-state index in [1.54, 1.807) is 13.8 Å². The number of rotatable bonds is 2. The molecule has 0 amide bonds. The van der Waals surface area contributed by atoms with Crippen molar-refractivity contribution in [3.8, 4) is 0 Å². The third kappa shape index (κ3) is 2.63.